The van der Waals surface area contributed by atoms with Gasteiger partial charge in [-0.05, 0) is 30.2 Å². The van der Waals surface area contributed by atoms with Crippen molar-refractivity contribution in [1.29, 1.82) is 0 Å². The average molecular weight is 318 g/mol. The van der Waals surface area contributed by atoms with E-state index < -0.39 is 5.76 Å². The summed E-state index contributed by atoms with van der Waals surface area (Å²) in [7, 11) is 0. The topological polar surface area (TPSA) is 87.0 Å². The highest BCUT2D eigenvalue weighted by atomic mass is 19.1. The second kappa shape index (κ2) is 6.15. The minimum Gasteiger partial charge on any atom is -0.388 e. The van der Waals surface area contributed by atoms with Gasteiger partial charge in [0.2, 0.25) is 11.8 Å². The van der Waals surface area contributed by atoms with E-state index in [0.717, 1.165) is 4.68 Å². The van der Waals surface area contributed by atoms with Crippen molar-refractivity contribution in [2.75, 3.05) is 0 Å². The van der Waals surface area contributed by atoms with Crippen LogP contribution in [0.3, 0.4) is 0 Å². The predicted molar refractivity (Wildman–Crippen MR) is 78.1 cm³/mol. The Morgan fingerprint density at radius 3 is 2.70 bits per heavy atom. The number of nitrogens with zero attached hydrogens (tertiary/aromatic N) is 4. The summed E-state index contributed by atoms with van der Waals surface area (Å²) in [5.74, 6) is 0.358. The van der Waals surface area contributed by atoms with Gasteiger partial charge in [-0.25, -0.2) is 9.18 Å². The molecular weight excluding hydrogens is 303 g/mol. The maximum absolute atomic E-state index is 12.9. The molecule has 2 heterocycles. The Hall–Kier alpha value is -2.77. The zero-order chi connectivity index (χ0) is 16.4. The van der Waals surface area contributed by atoms with Crippen molar-refractivity contribution in [2.24, 2.45) is 5.92 Å². The molecule has 0 N–H and O–H groups in total. The molecule has 1 aromatic carbocycles. The van der Waals surface area contributed by atoms with E-state index in [2.05, 4.69) is 15.2 Å². The summed E-state index contributed by atoms with van der Waals surface area (Å²) in [6, 6.07) is 5.51. The van der Waals surface area contributed by atoms with Gasteiger partial charge in [-0.3, -0.25) is 0 Å². The minimum atomic E-state index is -0.645. The molecule has 0 aliphatic heterocycles. The summed E-state index contributed by atoms with van der Waals surface area (Å²) < 4.78 is 24.2. The Labute approximate surface area is 130 Å². The lowest BCUT2D eigenvalue weighted by molar-refractivity contribution is 0.354. The van der Waals surface area contributed by atoms with Crippen LogP contribution in [0.5, 0.6) is 0 Å². The van der Waals surface area contributed by atoms with Gasteiger partial charge >= 0.3 is 5.76 Å². The Kier molecular flexibility index (Phi) is 4.05. The number of benzene rings is 1. The van der Waals surface area contributed by atoms with Crippen molar-refractivity contribution in [3.63, 3.8) is 0 Å². The van der Waals surface area contributed by atoms with E-state index in [1.54, 1.807) is 0 Å². The van der Waals surface area contributed by atoms with E-state index >= 15 is 0 Å². The zero-order valence-electron chi connectivity index (χ0n) is 12.7. The molecule has 120 valence electrons. The third kappa shape index (κ3) is 3.53. The molecule has 2 aromatic heterocycles. The average Bonchev–Trinajstić information content (AvgIpc) is 3.07. The number of aromatic nitrogens is 4. The lowest BCUT2D eigenvalue weighted by Crippen LogP contribution is -2.16. The fourth-order valence-corrected chi connectivity index (χ4v) is 2.05. The summed E-state index contributed by atoms with van der Waals surface area (Å²) in [4.78, 5) is 16.1. The van der Waals surface area contributed by atoms with E-state index in [1.165, 1.54) is 24.3 Å². The molecule has 0 atom stereocenters. The van der Waals surface area contributed by atoms with Gasteiger partial charge in [0.15, 0.2) is 5.82 Å². The number of rotatable bonds is 5. The van der Waals surface area contributed by atoms with E-state index in [9.17, 15) is 9.18 Å². The number of hydrogen-bond acceptors (Lipinski definition) is 6. The Morgan fingerprint density at radius 2 is 2.00 bits per heavy atom. The molecular formula is C15H15FN4O3. The zero-order valence-corrected chi connectivity index (χ0v) is 12.7. The van der Waals surface area contributed by atoms with Crippen molar-refractivity contribution < 1.29 is 13.3 Å². The molecule has 0 bridgehead atoms. The molecule has 0 saturated heterocycles. The normalized spacial score (nSPS) is 11.3. The van der Waals surface area contributed by atoms with E-state index in [-0.39, 0.29) is 24.1 Å². The summed E-state index contributed by atoms with van der Waals surface area (Å²) in [6.07, 6.45) is 0.693. The smallest absolute Gasteiger partial charge is 0.388 e. The molecule has 0 unspecified atom stereocenters. The van der Waals surface area contributed by atoms with E-state index in [0.29, 0.717) is 23.7 Å². The summed E-state index contributed by atoms with van der Waals surface area (Å²) >= 11 is 0. The van der Waals surface area contributed by atoms with Crippen LogP contribution < -0.4 is 5.76 Å². The largest absolute Gasteiger partial charge is 0.437 e. The summed E-state index contributed by atoms with van der Waals surface area (Å²) in [6.45, 7) is 4.12. The van der Waals surface area contributed by atoms with Gasteiger partial charge in [-0.2, -0.15) is 9.67 Å². The second-order valence-corrected chi connectivity index (χ2v) is 5.54. The highest BCUT2D eigenvalue weighted by molar-refractivity contribution is 5.51. The third-order valence-electron chi connectivity index (χ3n) is 3.08. The van der Waals surface area contributed by atoms with Crippen molar-refractivity contribution in [3.05, 3.63) is 52.3 Å². The first-order valence-electron chi connectivity index (χ1n) is 7.16. The lowest BCUT2D eigenvalue weighted by Gasteiger charge is -1.96. The van der Waals surface area contributed by atoms with Gasteiger partial charge in [0, 0.05) is 12.0 Å². The molecule has 0 aliphatic rings. The van der Waals surface area contributed by atoms with Crippen LogP contribution in [0.4, 0.5) is 4.39 Å². The van der Waals surface area contributed by atoms with Crippen molar-refractivity contribution in [3.8, 4) is 11.5 Å². The summed E-state index contributed by atoms with van der Waals surface area (Å²) in [5.41, 5.74) is 0.508. The Balaban J connectivity index is 1.80. The van der Waals surface area contributed by atoms with Gasteiger partial charge < -0.3 is 8.94 Å². The van der Waals surface area contributed by atoms with Crippen LogP contribution in [0.15, 0.2) is 38.0 Å². The first-order chi connectivity index (χ1) is 11.0. The quantitative estimate of drug-likeness (QED) is 0.717. The van der Waals surface area contributed by atoms with Crippen LogP contribution >= 0.6 is 0 Å². The van der Waals surface area contributed by atoms with Crippen LogP contribution in [0.1, 0.15) is 25.6 Å². The molecule has 0 aliphatic carbocycles. The first-order valence-corrected chi connectivity index (χ1v) is 7.16. The Bertz CT molecular complexity index is 848. The van der Waals surface area contributed by atoms with Crippen LogP contribution in [-0.4, -0.2) is 19.9 Å². The first kappa shape index (κ1) is 15.1. The van der Waals surface area contributed by atoms with Gasteiger partial charge in [-0.1, -0.05) is 19.0 Å². The maximum Gasteiger partial charge on any atom is 0.437 e. The second-order valence-electron chi connectivity index (χ2n) is 5.54. The maximum atomic E-state index is 12.9. The van der Waals surface area contributed by atoms with Crippen LogP contribution in [-0.2, 0) is 13.0 Å². The minimum absolute atomic E-state index is 0.0224. The standard InChI is InChI=1S/C15H15FN4O3/c1-9(2)7-12-17-13(23-19-12)8-20-15(21)22-14(18-20)10-3-5-11(16)6-4-10/h3-6,9H,7-8H2,1-2H3. The van der Waals surface area contributed by atoms with Crippen LogP contribution in [0, 0.1) is 11.7 Å². The van der Waals surface area contributed by atoms with Crippen molar-refractivity contribution in [1.82, 2.24) is 19.9 Å². The molecule has 23 heavy (non-hydrogen) atoms. The van der Waals surface area contributed by atoms with Crippen molar-refractivity contribution in [2.45, 2.75) is 26.8 Å². The SMILES string of the molecule is CC(C)Cc1noc(Cn2nc(-c3ccc(F)cc3)oc2=O)n1. The van der Waals surface area contributed by atoms with Gasteiger partial charge in [-0.15, -0.1) is 5.10 Å². The molecule has 3 rings (SSSR count). The molecule has 0 radical (unpaired) electrons. The molecule has 0 saturated carbocycles. The lowest BCUT2D eigenvalue weighted by atomic mass is 10.1. The van der Waals surface area contributed by atoms with E-state index in [4.69, 9.17) is 8.94 Å². The number of hydrogen-bond donors (Lipinski definition) is 0. The van der Waals surface area contributed by atoms with Crippen LogP contribution in [0.25, 0.3) is 11.5 Å². The van der Waals surface area contributed by atoms with Gasteiger partial charge in [0.25, 0.3) is 0 Å². The molecule has 0 amide bonds. The molecule has 8 heteroatoms. The molecule has 7 nitrogen and oxygen atoms in total. The predicted octanol–water partition coefficient (Wildman–Crippen LogP) is 2.27. The van der Waals surface area contributed by atoms with Gasteiger partial charge in [0.1, 0.15) is 12.4 Å². The fourth-order valence-electron chi connectivity index (χ4n) is 2.05. The van der Waals surface area contributed by atoms with Gasteiger partial charge in [0.05, 0.1) is 0 Å². The fraction of sp³-hybridized carbons (Fsp3) is 0.333. The highest BCUT2D eigenvalue weighted by Crippen LogP contribution is 2.15. The highest BCUT2D eigenvalue weighted by Gasteiger charge is 2.14. The third-order valence-corrected chi connectivity index (χ3v) is 3.08. The van der Waals surface area contributed by atoms with Crippen LogP contribution in [0.2, 0.25) is 0 Å². The molecule has 0 fully saturated rings. The summed E-state index contributed by atoms with van der Waals surface area (Å²) in [5, 5.41) is 7.92. The van der Waals surface area contributed by atoms with E-state index in [1.807, 2.05) is 13.8 Å². The molecule has 3 aromatic rings. The Morgan fingerprint density at radius 1 is 1.26 bits per heavy atom. The van der Waals surface area contributed by atoms with Crippen molar-refractivity contribution >= 4 is 0 Å². The monoisotopic (exact) mass is 318 g/mol. The molecule has 0 spiro atoms. The number of halogens is 1.